The van der Waals surface area contributed by atoms with Crippen molar-refractivity contribution in [2.75, 3.05) is 19.6 Å². The lowest BCUT2D eigenvalue weighted by Crippen LogP contribution is -2.53. The topological polar surface area (TPSA) is 63.1 Å². The first kappa shape index (κ1) is 16.2. The monoisotopic (exact) mass is 355 g/mol. The molecule has 1 fully saturated rings. The summed E-state index contributed by atoms with van der Waals surface area (Å²) in [4.78, 5) is 25.1. The number of hydrogen-bond acceptors (Lipinski definition) is 5. The molecule has 7 heteroatoms. The third-order valence-corrected chi connectivity index (χ3v) is 5.64. The van der Waals surface area contributed by atoms with Gasteiger partial charge in [-0.15, -0.1) is 11.3 Å². The average Bonchev–Trinajstić information content (AvgIpc) is 3.19. The smallest absolute Gasteiger partial charge is 0.242 e. The number of aryl methyl sites for hydroxylation is 1. The van der Waals surface area contributed by atoms with E-state index in [9.17, 15) is 4.79 Å². The number of piperazine rings is 1. The van der Waals surface area contributed by atoms with Crippen molar-refractivity contribution in [3.05, 3.63) is 35.5 Å². The van der Waals surface area contributed by atoms with Crippen LogP contribution in [0.2, 0.25) is 0 Å². The number of rotatable bonds is 3. The van der Waals surface area contributed by atoms with Crippen LogP contribution in [0, 0.1) is 6.92 Å². The average molecular weight is 355 g/mol. The molecule has 3 heterocycles. The Kier molecular flexibility index (Phi) is 4.27. The Labute approximate surface area is 150 Å². The quantitative estimate of drug-likeness (QED) is 0.783. The van der Waals surface area contributed by atoms with E-state index in [1.165, 1.54) is 0 Å². The van der Waals surface area contributed by atoms with Crippen molar-refractivity contribution in [2.24, 2.45) is 0 Å². The first-order valence-electron chi connectivity index (χ1n) is 8.51. The molecule has 1 amide bonds. The minimum Gasteiger partial charge on any atom is -0.336 e. The molecule has 1 N–H and O–H groups in total. The van der Waals surface area contributed by atoms with E-state index in [-0.39, 0.29) is 11.9 Å². The van der Waals surface area contributed by atoms with Crippen LogP contribution in [-0.4, -0.2) is 51.0 Å². The molecule has 1 aromatic carbocycles. The SMILES string of the molecule is Cc1ncsc1-c1nc2ccccc2n1CC(=O)N1CCNCC1C. The predicted octanol–water partition coefficient (Wildman–Crippen LogP) is 2.29. The second kappa shape index (κ2) is 6.57. The van der Waals surface area contributed by atoms with E-state index in [4.69, 9.17) is 4.98 Å². The largest absolute Gasteiger partial charge is 0.336 e. The van der Waals surface area contributed by atoms with Crippen molar-refractivity contribution in [2.45, 2.75) is 26.4 Å². The Morgan fingerprint density at radius 2 is 2.24 bits per heavy atom. The highest BCUT2D eigenvalue weighted by Crippen LogP contribution is 2.30. The molecule has 6 nitrogen and oxygen atoms in total. The predicted molar refractivity (Wildman–Crippen MR) is 99.6 cm³/mol. The molecular weight excluding hydrogens is 334 g/mol. The number of fused-ring (bicyclic) bond motifs is 1. The van der Waals surface area contributed by atoms with E-state index in [0.29, 0.717) is 6.54 Å². The molecule has 1 aliphatic rings. The molecule has 4 rings (SSSR count). The van der Waals surface area contributed by atoms with Crippen molar-refractivity contribution in [3.8, 4) is 10.7 Å². The van der Waals surface area contributed by atoms with E-state index in [1.54, 1.807) is 11.3 Å². The second-order valence-electron chi connectivity index (χ2n) is 6.42. The van der Waals surface area contributed by atoms with Crippen molar-refractivity contribution < 1.29 is 4.79 Å². The molecule has 0 radical (unpaired) electrons. The highest BCUT2D eigenvalue weighted by atomic mass is 32.1. The third kappa shape index (κ3) is 2.94. The Morgan fingerprint density at radius 1 is 1.40 bits per heavy atom. The van der Waals surface area contributed by atoms with Crippen LogP contribution >= 0.6 is 11.3 Å². The zero-order chi connectivity index (χ0) is 17.4. The molecule has 0 aliphatic carbocycles. The number of nitrogens with zero attached hydrogens (tertiary/aromatic N) is 4. The molecule has 0 spiro atoms. The molecule has 1 aliphatic heterocycles. The summed E-state index contributed by atoms with van der Waals surface area (Å²) in [5.74, 6) is 0.970. The highest BCUT2D eigenvalue weighted by molar-refractivity contribution is 7.13. The van der Waals surface area contributed by atoms with Gasteiger partial charge in [0.05, 0.1) is 27.1 Å². The number of aromatic nitrogens is 3. The maximum Gasteiger partial charge on any atom is 0.242 e. The number of para-hydroxylation sites is 2. The Balaban J connectivity index is 1.75. The summed E-state index contributed by atoms with van der Waals surface area (Å²) < 4.78 is 2.03. The molecule has 2 aromatic heterocycles. The normalized spacial score (nSPS) is 18.0. The van der Waals surface area contributed by atoms with Gasteiger partial charge < -0.3 is 14.8 Å². The summed E-state index contributed by atoms with van der Waals surface area (Å²) in [6.45, 7) is 6.82. The third-order valence-electron chi connectivity index (χ3n) is 4.72. The lowest BCUT2D eigenvalue weighted by molar-refractivity contribution is -0.134. The number of benzene rings is 1. The van der Waals surface area contributed by atoms with Gasteiger partial charge in [0, 0.05) is 25.7 Å². The number of thiazole rings is 1. The van der Waals surface area contributed by atoms with Crippen LogP contribution in [-0.2, 0) is 11.3 Å². The Bertz CT molecular complexity index is 915. The standard InChI is InChI=1S/C18H21N5OS/c1-12-9-19-7-8-22(12)16(24)10-23-15-6-4-3-5-14(15)21-18(23)17-13(2)20-11-25-17/h3-6,11-12,19H,7-10H2,1-2H3. The van der Waals surface area contributed by atoms with Crippen molar-refractivity contribution >= 4 is 28.3 Å². The Hall–Kier alpha value is -2.25. The number of nitrogens with one attached hydrogen (secondary N) is 1. The molecule has 25 heavy (non-hydrogen) atoms. The fourth-order valence-corrected chi connectivity index (χ4v) is 4.16. The maximum absolute atomic E-state index is 13.0. The molecule has 0 bridgehead atoms. The summed E-state index contributed by atoms with van der Waals surface area (Å²) in [6.07, 6.45) is 0. The minimum absolute atomic E-state index is 0.139. The van der Waals surface area contributed by atoms with Gasteiger partial charge >= 0.3 is 0 Å². The van der Waals surface area contributed by atoms with Crippen LogP contribution in [0.5, 0.6) is 0 Å². The second-order valence-corrected chi connectivity index (χ2v) is 7.27. The molecule has 1 atom stereocenters. The van der Waals surface area contributed by atoms with Crippen LogP contribution in [0.1, 0.15) is 12.6 Å². The zero-order valence-corrected chi connectivity index (χ0v) is 15.2. The fraction of sp³-hybridized carbons (Fsp3) is 0.389. The first-order valence-corrected chi connectivity index (χ1v) is 9.39. The van der Waals surface area contributed by atoms with Crippen LogP contribution < -0.4 is 5.32 Å². The number of imidazole rings is 1. The number of carbonyl (C=O) groups excluding carboxylic acids is 1. The van der Waals surface area contributed by atoms with Crippen molar-refractivity contribution in [1.82, 2.24) is 24.8 Å². The summed E-state index contributed by atoms with van der Waals surface area (Å²) in [5.41, 5.74) is 4.67. The molecule has 3 aromatic rings. The summed E-state index contributed by atoms with van der Waals surface area (Å²) in [5, 5.41) is 3.33. The lowest BCUT2D eigenvalue weighted by Gasteiger charge is -2.34. The van der Waals surface area contributed by atoms with Gasteiger partial charge in [0.15, 0.2) is 5.82 Å². The van der Waals surface area contributed by atoms with E-state index in [2.05, 4.69) is 17.2 Å². The van der Waals surface area contributed by atoms with Gasteiger partial charge in [-0.2, -0.15) is 0 Å². The number of amides is 1. The number of carbonyl (C=O) groups is 1. The lowest BCUT2D eigenvalue weighted by atomic mass is 10.2. The summed E-state index contributed by atoms with van der Waals surface area (Å²) in [6, 6.07) is 8.19. The molecule has 1 unspecified atom stereocenters. The van der Waals surface area contributed by atoms with Gasteiger partial charge in [0.1, 0.15) is 6.54 Å². The minimum atomic E-state index is 0.139. The summed E-state index contributed by atoms with van der Waals surface area (Å²) in [7, 11) is 0. The van der Waals surface area contributed by atoms with Crippen LogP contribution in [0.15, 0.2) is 29.8 Å². The maximum atomic E-state index is 13.0. The van der Waals surface area contributed by atoms with Gasteiger partial charge in [-0.1, -0.05) is 12.1 Å². The van der Waals surface area contributed by atoms with E-state index in [0.717, 1.165) is 47.1 Å². The van der Waals surface area contributed by atoms with Gasteiger partial charge in [0.2, 0.25) is 5.91 Å². The summed E-state index contributed by atoms with van der Waals surface area (Å²) >= 11 is 1.57. The van der Waals surface area contributed by atoms with Gasteiger partial charge in [-0.05, 0) is 26.0 Å². The van der Waals surface area contributed by atoms with Crippen LogP contribution in [0.25, 0.3) is 21.7 Å². The molecular formula is C18H21N5OS. The van der Waals surface area contributed by atoms with Gasteiger partial charge in [0.25, 0.3) is 0 Å². The van der Waals surface area contributed by atoms with Gasteiger partial charge in [-0.3, -0.25) is 4.79 Å². The number of hydrogen-bond donors (Lipinski definition) is 1. The van der Waals surface area contributed by atoms with E-state index in [1.807, 2.05) is 46.2 Å². The van der Waals surface area contributed by atoms with Gasteiger partial charge in [-0.25, -0.2) is 9.97 Å². The highest BCUT2D eigenvalue weighted by Gasteiger charge is 2.25. The first-order chi connectivity index (χ1) is 12.1. The van der Waals surface area contributed by atoms with Crippen LogP contribution in [0.3, 0.4) is 0 Å². The van der Waals surface area contributed by atoms with Crippen molar-refractivity contribution in [3.63, 3.8) is 0 Å². The Morgan fingerprint density at radius 3 is 3.00 bits per heavy atom. The van der Waals surface area contributed by atoms with E-state index < -0.39 is 0 Å². The molecule has 130 valence electrons. The molecule has 1 saturated heterocycles. The van der Waals surface area contributed by atoms with E-state index >= 15 is 0 Å². The zero-order valence-electron chi connectivity index (χ0n) is 14.4. The fourth-order valence-electron chi connectivity index (χ4n) is 3.36. The van der Waals surface area contributed by atoms with Crippen LogP contribution in [0.4, 0.5) is 0 Å². The van der Waals surface area contributed by atoms with Crippen molar-refractivity contribution in [1.29, 1.82) is 0 Å². The molecule has 0 saturated carbocycles.